The van der Waals surface area contributed by atoms with E-state index in [1.165, 1.54) is 11.3 Å². The Morgan fingerprint density at radius 1 is 1.43 bits per heavy atom. The monoisotopic (exact) mass is 325 g/mol. The van der Waals surface area contributed by atoms with E-state index in [0.29, 0.717) is 11.3 Å². The van der Waals surface area contributed by atoms with Crippen molar-refractivity contribution in [1.82, 2.24) is 15.2 Å². The van der Waals surface area contributed by atoms with Crippen molar-refractivity contribution in [2.24, 2.45) is 0 Å². The molecule has 0 unspecified atom stereocenters. The molecule has 0 spiro atoms. The van der Waals surface area contributed by atoms with E-state index in [0.717, 1.165) is 10.9 Å². The summed E-state index contributed by atoms with van der Waals surface area (Å²) >= 11 is 1.20. The fourth-order valence-electron chi connectivity index (χ4n) is 1.74. The topological polar surface area (TPSA) is 123 Å². The fraction of sp³-hybridized carbons (Fsp3) is 0.0909. The zero-order valence-corrected chi connectivity index (χ0v) is 12.5. The molecule has 0 fully saturated rings. The van der Waals surface area contributed by atoms with Crippen molar-refractivity contribution in [3.05, 3.63) is 24.4 Å². The molecule has 110 valence electrons. The van der Waals surface area contributed by atoms with Crippen LogP contribution in [0.5, 0.6) is 5.75 Å². The van der Waals surface area contributed by atoms with Crippen molar-refractivity contribution in [1.29, 1.82) is 0 Å². The predicted molar refractivity (Wildman–Crippen MR) is 80.0 cm³/mol. The number of fused-ring (bicyclic) bond motifs is 1. The molecular formula is C11H11N5O3S2. The Kier molecular flexibility index (Phi) is 3.18. The summed E-state index contributed by atoms with van der Waals surface area (Å²) in [6.07, 6.45) is 1.15. The summed E-state index contributed by atoms with van der Waals surface area (Å²) < 4.78 is 32.7. The second-order valence-electron chi connectivity index (χ2n) is 4.11. The van der Waals surface area contributed by atoms with Gasteiger partial charge in [-0.3, -0.25) is 9.82 Å². The van der Waals surface area contributed by atoms with Gasteiger partial charge in [0.15, 0.2) is 5.13 Å². The molecule has 0 radical (unpaired) electrons. The van der Waals surface area contributed by atoms with E-state index in [2.05, 4.69) is 19.9 Å². The van der Waals surface area contributed by atoms with Gasteiger partial charge in [0.25, 0.3) is 10.0 Å². The number of anilines is 2. The number of aromatic nitrogens is 3. The van der Waals surface area contributed by atoms with E-state index < -0.39 is 10.0 Å². The molecule has 0 aliphatic carbocycles. The first kappa shape index (κ1) is 13.6. The van der Waals surface area contributed by atoms with Crippen molar-refractivity contribution in [3.8, 4) is 5.75 Å². The van der Waals surface area contributed by atoms with Gasteiger partial charge in [-0.2, -0.15) is 5.10 Å². The Labute approximate surface area is 124 Å². The SMILES string of the molecule is COc1ccc2nc(NS(=O)(=O)c3cn[nH]c3N)sc2c1. The maximum absolute atomic E-state index is 12.2. The first-order valence-corrected chi connectivity index (χ1v) is 8.06. The summed E-state index contributed by atoms with van der Waals surface area (Å²) in [7, 11) is -2.25. The lowest BCUT2D eigenvalue weighted by Gasteiger charge is -2.02. The standard InChI is InChI=1S/C11H11N5O3S2/c1-19-6-2-3-7-8(4-6)20-11(14-7)16-21(17,18)9-5-13-15-10(9)12/h2-5H,1H3,(H,14,16)(H3,12,13,15). The maximum Gasteiger partial charge on any atom is 0.268 e. The van der Waals surface area contributed by atoms with Gasteiger partial charge in [0.05, 0.1) is 23.5 Å². The number of thiazole rings is 1. The van der Waals surface area contributed by atoms with Gasteiger partial charge in [0, 0.05) is 0 Å². The first-order chi connectivity index (χ1) is 9.99. The number of aromatic amines is 1. The van der Waals surface area contributed by atoms with Gasteiger partial charge in [-0.25, -0.2) is 13.4 Å². The molecule has 0 amide bonds. The van der Waals surface area contributed by atoms with E-state index in [9.17, 15) is 8.42 Å². The highest BCUT2D eigenvalue weighted by atomic mass is 32.2. The third-order valence-corrected chi connectivity index (χ3v) is 5.17. The number of hydrogen-bond acceptors (Lipinski definition) is 7. The number of hydrogen-bond donors (Lipinski definition) is 3. The Hall–Kier alpha value is -2.33. The molecule has 4 N–H and O–H groups in total. The Morgan fingerprint density at radius 2 is 2.24 bits per heavy atom. The number of ether oxygens (including phenoxy) is 1. The molecule has 1 aromatic carbocycles. The van der Waals surface area contributed by atoms with Crippen LogP contribution in [0.25, 0.3) is 10.2 Å². The minimum atomic E-state index is -3.82. The van der Waals surface area contributed by atoms with Crippen LogP contribution >= 0.6 is 11.3 Å². The van der Waals surface area contributed by atoms with Crippen molar-refractivity contribution < 1.29 is 13.2 Å². The van der Waals surface area contributed by atoms with Crippen LogP contribution in [0.4, 0.5) is 10.9 Å². The number of sulfonamides is 1. The number of nitrogens with zero attached hydrogens (tertiary/aromatic N) is 2. The highest BCUT2D eigenvalue weighted by Crippen LogP contribution is 2.30. The third kappa shape index (κ3) is 2.50. The molecule has 3 rings (SSSR count). The van der Waals surface area contributed by atoms with Crippen LogP contribution in [-0.2, 0) is 10.0 Å². The highest BCUT2D eigenvalue weighted by Gasteiger charge is 2.21. The van der Waals surface area contributed by atoms with Gasteiger partial charge in [-0.05, 0) is 18.2 Å². The quantitative estimate of drug-likeness (QED) is 0.666. The van der Waals surface area contributed by atoms with E-state index in [4.69, 9.17) is 10.5 Å². The van der Waals surface area contributed by atoms with Crippen molar-refractivity contribution in [2.45, 2.75) is 4.90 Å². The lowest BCUT2D eigenvalue weighted by molar-refractivity contribution is 0.415. The van der Waals surface area contributed by atoms with Crippen LogP contribution in [0.15, 0.2) is 29.3 Å². The minimum absolute atomic E-state index is 0.0229. The lowest BCUT2D eigenvalue weighted by atomic mass is 10.3. The first-order valence-electron chi connectivity index (χ1n) is 5.76. The zero-order valence-electron chi connectivity index (χ0n) is 10.8. The molecule has 3 aromatic rings. The summed E-state index contributed by atoms with van der Waals surface area (Å²) in [4.78, 5) is 4.10. The molecule has 8 nitrogen and oxygen atoms in total. The van der Waals surface area contributed by atoms with Gasteiger partial charge < -0.3 is 10.5 Å². The number of rotatable bonds is 4. The minimum Gasteiger partial charge on any atom is -0.497 e. The molecule has 0 saturated carbocycles. The molecular weight excluding hydrogens is 314 g/mol. The number of methoxy groups -OCH3 is 1. The van der Waals surface area contributed by atoms with Crippen LogP contribution in [0, 0.1) is 0 Å². The predicted octanol–water partition coefficient (Wildman–Crippen LogP) is 1.41. The highest BCUT2D eigenvalue weighted by molar-refractivity contribution is 7.93. The van der Waals surface area contributed by atoms with Crippen LogP contribution in [0.2, 0.25) is 0 Å². The Morgan fingerprint density at radius 3 is 2.90 bits per heavy atom. The fourth-order valence-corrected chi connectivity index (χ4v) is 3.90. The summed E-state index contributed by atoms with van der Waals surface area (Å²) in [5.41, 5.74) is 6.20. The third-order valence-electron chi connectivity index (χ3n) is 2.74. The van der Waals surface area contributed by atoms with Gasteiger partial charge in [0.1, 0.15) is 16.5 Å². The molecule has 0 aliphatic heterocycles. The summed E-state index contributed by atoms with van der Waals surface area (Å²) in [6, 6.07) is 5.31. The van der Waals surface area contributed by atoms with E-state index in [1.807, 2.05) is 0 Å². The smallest absolute Gasteiger partial charge is 0.268 e. The van der Waals surface area contributed by atoms with Crippen molar-refractivity contribution in [2.75, 3.05) is 17.6 Å². The molecule has 10 heteroatoms. The lowest BCUT2D eigenvalue weighted by Crippen LogP contribution is -2.13. The van der Waals surface area contributed by atoms with Crippen LogP contribution < -0.4 is 15.2 Å². The average molecular weight is 325 g/mol. The van der Waals surface area contributed by atoms with E-state index >= 15 is 0 Å². The zero-order chi connectivity index (χ0) is 15.0. The normalized spacial score (nSPS) is 11.7. The number of H-pyrrole nitrogens is 1. The van der Waals surface area contributed by atoms with E-state index in [1.54, 1.807) is 25.3 Å². The molecule has 0 aliphatic rings. The maximum atomic E-state index is 12.2. The van der Waals surface area contributed by atoms with Gasteiger partial charge >= 0.3 is 0 Å². The van der Waals surface area contributed by atoms with Gasteiger partial charge in [-0.1, -0.05) is 11.3 Å². The molecule has 0 bridgehead atoms. The number of nitrogen functional groups attached to an aromatic ring is 1. The van der Waals surface area contributed by atoms with Crippen LogP contribution in [-0.4, -0.2) is 30.7 Å². The van der Waals surface area contributed by atoms with Crippen LogP contribution in [0.3, 0.4) is 0 Å². The number of benzene rings is 1. The molecule has 0 saturated heterocycles. The van der Waals surface area contributed by atoms with Crippen LogP contribution in [0.1, 0.15) is 0 Å². The largest absolute Gasteiger partial charge is 0.497 e. The van der Waals surface area contributed by atoms with Crippen molar-refractivity contribution >= 4 is 42.5 Å². The summed E-state index contributed by atoms with van der Waals surface area (Å²) in [6.45, 7) is 0. The summed E-state index contributed by atoms with van der Waals surface area (Å²) in [5.74, 6) is 0.657. The van der Waals surface area contributed by atoms with Gasteiger partial charge in [-0.15, -0.1) is 0 Å². The Bertz CT molecular complexity index is 900. The molecule has 0 atom stereocenters. The number of nitrogens with two attached hydrogens (primary N) is 1. The average Bonchev–Trinajstić information content (AvgIpc) is 3.02. The summed E-state index contributed by atoms with van der Waals surface area (Å²) in [5, 5.41) is 6.22. The molecule has 2 aromatic heterocycles. The van der Waals surface area contributed by atoms with Crippen molar-refractivity contribution in [3.63, 3.8) is 0 Å². The van der Waals surface area contributed by atoms with E-state index in [-0.39, 0.29) is 15.8 Å². The number of nitrogens with one attached hydrogen (secondary N) is 2. The molecule has 21 heavy (non-hydrogen) atoms. The second kappa shape index (κ2) is 4.90. The second-order valence-corrected chi connectivity index (χ2v) is 6.79. The van der Waals surface area contributed by atoms with Gasteiger partial charge in [0.2, 0.25) is 0 Å². The Balaban J connectivity index is 1.96. The molecule has 2 heterocycles.